The number of thiophene rings is 1. The molecule has 372 valence electrons. The standard InChI is InChI=1S/C36H40SSi2.C36H30/c1-7-38(8-2,9-3)21-18-30-32-23-27-15-13-14-16-28(27)24-33(32)31(19-22-39(10-4,11-5)12-6)35-26-36-29(17-20-37-36)25-34(30)35;1-5-7-31-33-17-27-13-23-9-21(3)11-25(23)15-29(27)19-35(33)32(8-6-2)36-20-30-16-26-12-22(4)10-24(26)14-28(30)18-34(31)36/h13-17,20,23-26H,7-12H2,1-6H3;13-22H,9-12H2,1-4H3. The van der Waals surface area contributed by atoms with E-state index >= 15 is 0 Å². The fraction of sp³-hybridized carbons (Fsp3) is 0.306. The maximum atomic E-state index is 3.94. The molecular formula is C72H70SSi2. The Morgan fingerprint density at radius 1 is 0.387 bits per heavy atom. The molecule has 0 fully saturated rings. The minimum atomic E-state index is -1.62. The first kappa shape index (κ1) is 50.6. The lowest BCUT2D eigenvalue weighted by Gasteiger charge is -2.21. The number of fused-ring (bicyclic) bond motifs is 10. The molecule has 10 aromatic rings. The molecule has 0 radical (unpaired) electrons. The second-order valence-electron chi connectivity index (χ2n) is 22.3. The van der Waals surface area contributed by atoms with Gasteiger partial charge in [0.25, 0.3) is 0 Å². The topological polar surface area (TPSA) is 0 Å². The summed E-state index contributed by atoms with van der Waals surface area (Å²) in [5, 5.41) is 21.3. The predicted octanol–water partition coefficient (Wildman–Crippen LogP) is 19.7. The maximum absolute atomic E-state index is 3.94. The molecule has 9 aromatic carbocycles. The molecule has 1 heterocycles. The van der Waals surface area contributed by atoms with Crippen LogP contribution in [0.2, 0.25) is 36.3 Å². The van der Waals surface area contributed by atoms with Crippen LogP contribution in [0.15, 0.2) is 109 Å². The third-order valence-electron chi connectivity index (χ3n) is 18.0. The summed E-state index contributed by atoms with van der Waals surface area (Å²) in [5.41, 5.74) is 18.6. The van der Waals surface area contributed by atoms with Crippen LogP contribution in [0.1, 0.15) is 114 Å². The zero-order valence-corrected chi connectivity index (χ0v) is 48.8. The average Bonchev–Trinajstić information content (AvgIpc) is 4.16. The van der Waals surface area contributed by atoms with E-state index in [1.807, 2.05) is 25.2 Å². The monoisotopic (exact) mass is 1020 g/mol. The lowest BCUT2D eigenvalue weighted by atomic mass is 9.87. The molecule has 3 heteroatoms. The molecule has 0 atom stereocenters. The van der Waals surface area contributed by atoms with Crippen LogP contribution in [0.5, 0.6) is 0 Å². The first-order chi connectivity index (χ1) is 36.5. The highest BCUT2D eigenvalue weighted by molar-refractivity contribution is 7.17. The van der Waals surface area contributed by atoms with Crippen LogP contribution in [-0.2, 0) is 25.7 Å². The molecule has 0 amide bonds. The molecule has 0 nitrogen and oxygen atoms in total. The summed E-state index contributed by atoms with van der Waals surface area (Å²) in [6.07, 6.45) is 4.74. The smallest absolute Gasteiger partial charge is 0.138 e. The van der Waals surface area contributed by atoms with E-state index in [4.69, 9.17) is 0 Å². The van der Waals surface area contributed by atoms with Gasteiger partial charge in [-0.05, 0) is 245 Å². The SMILES string of the molecule is CC#Cc1c2cc3cc4c(cc3cc2c(C#CC)c2cc3cc5c(cc3cc12)CC(C)C5)CC(C)C4.CC[Si](C#Cc1c2cc3ccccc3cc2c(C#C[Si](CC)(CC)CC)c2cc3sccc3cc12)(CC)CC. The zero-order chi connectivity index (χ0) is 52.2. The molecule has 75 heavy (non-hydrogen) atoms. The summed E-state index contributed by atoms with van der Waals surface area (Å²) in [6, 6.07) is 47.0. The molecule has 0 saturated heterocycles. The van der Waals surface area contributed by atoms with Crippen molar-refractivity contribution >= 4 is 113 Å². The highest BCUT2D eigenvalue weighted by atomic mass is 32.1. The lowest BCUT2D eigenvalue weighted by Crippen LogP contribution is -2.29. The summed E-state index contributed by atoms with van der Waals surface area (Å²) in [7, 11) is -3.24. The van der Waals surface area contributed by atoms with Gasteiger partial charge in [-0.15, -0.1) is 34.3 Å². The molecule has 1 aromatic heterocycles. The highest BCUT2D eigenvalue weighted by Crippen LogP contribution is 2.42. The normalized spacial score (nSPS) is 13.6. The van der Waals surface area contributed by atoms with Crippen molar-refractivity contribution in [2.75, 3.05) is 0 Å². The molecular weight excluding hydrogens is 953 g/mol. The third-order valence-corrected chi connectivity index (χ3v) is 28.3. The summed E-state index contributed by atoms with van der Waals surface area (Å²) in [4.78, 5) is 0. The molecule has 12 rings (SSSR count). The highest BCUT2D eigenvalue weighted by Gasteiger charge is 2.27. The van der Waals surface area contributed by atoms with Crippen LogP contribution >= 0.6 is 11.3 Å². The van der Waals surface area contributed by atoms with Crippen molar-refractivity contribution in [1.82, 2.24) is 0 Å². The van der Waals surface area contributed by atoms with Crippen molar-refractivity contribution in [3.05, 3.63) is 153 Å². The van der Waals surface area contributed by atoms with E-state index in [9.17, 15) is 0 Å². The maximum Gasteiger partial charge on any atom is 0.138 e. The Hall–Kier alpha value is -6.57. The Bertz CT molecular complexity index is 3840. The van der Waals surface area contributed by atoms with E-state index in [-0.39, 0.29) is 0 Å². The first-order valence-electron chi connectivity index (χ1n) is 28.1. The number of hydrogen-bond donors (Lipinski definition) is 0. The largest absolute Gasteiger partial charge is 0.144 e. The van der Waals surface area contributed by atoms with Gasteiger partial charge in [0.15, 0.2) is 0 Å². The number of benzene rings is 9. The molecule has 0 saturated carbocycles. The molecule has 2 aliphatic rings. The van der Waals surface area contributed by atoms with Gasteiger partial charge < -0.3 is 0 Å². The van der Waals surface area contributed by atoms with Crippen LogP contribution in [0.25, 0.3) is 85.5 Å². The zero-order valence-electron chi connectivity index (χ0n) is 46.0. The average molecular weight is 1020 g/mol. The Labute approximate surface area is 452 Å². The number of hydrogen-bond acceptors (Lipinski definition) is 1. The Morgan fingerprint density at radius 3 is 1.03 bits per heavy atom. The minimum Gasteiger partial charge on any atom is -0.144 e. The quantitative estimate of drug-likeness (QED) is 0.0885. The van der Waals surface area contributed by atoms with Crippen molar-refractivity contribution in [1.29, 1.82) is 0 Å². The van der Waals surface area contributed by atoms with Gasteiger partial charge in [-0.25, -0.2) is 0 Å². The molecule has 0 N–H and O–H groups in total. The van der Waals surface area contributed by atoms with Crippen LogP contribution in [0.4, 0.5) is 0 Å². The van der Waals surface area contributed by atoms with Crippen LogP contribution in [0.3, 0.4) is 0 Å². The van der Waals surface area contributed by atoms with Gasteiger partial charge in [0, 0.05) is 32.3 Å². The Kier molecular flexibility index (Phi) is 13.8. The van der Waals surface area contributed by atoms with Crippen LogP contribution < -0.4 is 0 Å². The summed E-state index contributed by atoms with van der Waals surface area (Å²) in [5.74, 6) is 22.6. The van der Waals surface area contributed by atoms with E-state index in [2.05, 4.69) is 211 Å². The van der Waals surface area contributed by atoms with Crippen molar-refractivity contribution < 1.29 is 0 Å². The molecule has 0 aliphatic heterocycles. The lowest BCUT2D eigenvalue weighted by molar-refractivity contribution is 0.628. The van der Waals surface area contributed by atoms with Gasteiger partial charge in [-0.3, -0.25) is 0 Å². The molecule has 0 unspecified atom stereocenters. The van der Waals surface area contributed by atoms with Gasteiger partial charge in [0.2, 0.25) is 0 Å². The van der Waals surface area contributed by atoms with Gasteiger partial charge in [0.1, 0.15) is 16.1 Å². The van der Waals surface area contributed by atoms with Crippen molar-refractivity contribution in [3.8, 4) is 46.6 Å². The van der Waals surface area contributed by atoms with E-state index in [0.29, 0.717) is 0 Å². The van der Waals surface area contributed by atoms with Crippen LogP contribution in [0, 0.1) is 58.4 Å². The van der Waals surface area contributed by atoms with E-state index in [1.54, 1.807) is 0 Å². The summed E-state index contributed by atoms with van der Waals surface area (Å²) < 4.78 is 1.33. The van der Waals surface area contributed by atoms with E-state index in [1.165, 1.54) is 181 Å². The first-order valence-corrected chi connectivity index (χ1v) is 34.3. The van der Waals surface area contributed by atoms with Crippen molar-refractivity contribution in [3.63, 3.8) is 0 Å². The van der Waals surface area contributed by atoms with E-state index < -0.39 is 16.1 Å². The van der Waals surface area contributed by atoms with Gasteiger partial charge in [-0.2, -0.15) is 0 Å². The second kappa shape index (κ2) is 20.5. The predicted molar refractivity (Wildman–Crippen MR) is 337 cm³/mol. The van der Waals surface area contributed by atoms with Gasteiger partial charge in [0.05, 0.1) is 0 Å². The summed E-state index contributed by atoms with van der Waals surface area (Å²) >= 11 is 1.82. The molecule has 0 spiro atoms. The Morgan fingerprint density at radius 2 is 0.693 bits per heavy atom. The van der Waals surface area contributed by atoms with Crippen molar-refractivity contribution in [2.24, 2.45) is 11.8 Å². The van der Waals surface area contributed by atoms with Crippen molar-refractivity contribution in [2.45, 2.75) is 131 Å². The summed E-state index contributed by atoms with van der Waals surface area (Å²) in [6.45, 7) is 22.7. The fourth-order valence-electron chi connectivity index (χ4n) is 13.0. The van der Waals surface area contributed by atoms with Gasteiger partial charge in [-0.1, -0.05) is 128 Å². The van der Waals surface area contributed by atoms with Gasteiger partial charge >= 0.3 is 0 Å². The molecule has 2 aliphatic carbocycles. The van der Waals surface area contributed by atoms with Crippen LogP contribution in [-0.4, -0.2) is 16.1 Å². The fourth-order valence-corrected chi connectivity index (χ4v) is 18.6. The minimum absolute atomic E-state index is 0.730. The van der Waals surface area contributed by atoms with E-state index in [0.717, 1.165) is 23.0 Å². The third kappa shape index (κ3) is 9.07. The number of rotatable bonds is 6. The second-order valence-corrected chi connectivity index (χ2v) is 33.1. The Balaban J connectivity index is 0.000000161. The molecule has 0 bridgehead atoms.